The predicted molar refractivity (Wildman–Crippen MR) is 85.4 cm³/mol. The lowest BCUT2D eigenvalue weighted by atomic mass is 10.1. The second-order valence-corrected chi connectivity index (χ2v) is 5.35. The van der Waals surface area contributed by atoms with Crippen LogP contribution in [0.1, 0.15) is 19.4 Å². The van der Waals surface area contributed by atoms with Gasteiger partial charge in [0.2, 0.25) is 6.10 Å². The van der Waals surface area contributed by atoms with Gasteiger partial charge in [0, 0.05) is 5.69 Å². The number of carbonyl (C=O) groups is 1. The first-order chi connectivity index (χ1) is 10.7. The molecule has 0 saturated carbocycles. The quantitative estimate of drug-likeness (QED) is 0.944. The summed E-state index contributed by atoms with van der Waals surface area (Å²) < 4.78 is 11.5. The zero-order chi connectivity index (χ0) is 15.5. The number of aryl methyl sites for hydroxylation is 1. The minimum absolute atomic E-state index is 0.203. The Balaban J connectivity index is 1.72. The van der Waals surface area contributed by atoms with Crippen molar-refractivity contribution < 1.29 is 14.3 Å². The van der Waals surface area contributed by atoms with Crippen LogP contribution >= 0.6 is 0 Å². The number of ether oxygens (including phenoxy) is 2. The first-order valence-corrected chi connectivity index (χ1v) is 7.49. The Kier molecular flexibility index (Phi) is 4.00. The van der Waals surface area contributed by atoms with Crippen molar-refractivity contribution in [2.24, 2.45) is 0 Å². The highest BCUT2D eigenvalue weighted by molar-refractivity contribution is 5.95. The monoisotopic (exact) mass is 297 g/mol. The Morgan fingerprint density at radius 2 is 1.68 bits per heavy atom. The maximum Gasteiger partial charge on any atom is 0.269 e. The molecule has 2 atom stereocenters. The van der Waals surface area contributed by atoms with Gasteiger partial charge >= 0.3 is 0 Å². The van der Waals surface area contributed by atoms with Crippen molar-refractivity contribution in [3.8, 4) is 11.5 Å². The number of anilines is 1. The highest BCUT2D eigenvalue weighted by Crippen LogP contribution is 2.33. The highest BCUT2D eigenvalue weighted by atomic mass is 16.6. The Hall–Kier alpha value is -2.49. The zero-order valence-electron chi connectivity index (χ0n) is 12.7. The van der Waals surface area contributed by atoms with Gasteiger partial charge in [-0.05, 0) is 43.2 Å². The standard InChI is InChI=1S/C18H19NO3/c1-3-13-8-10-14(11-9-13)19-18(20)17-12(2)21-15-6-4-5-7-16(15)22-17/h4-12,17H,3H2,1-2H3,(H,19,20). The van der Waals surface area contributed by atoms with Crippen molar-refractivity contribution in [2.75, 3.05) is 5.32 Å². The van der Waals surface area contributed by atoms with Gasteiger partial charge in [0.1, 0.15) is 6.10 Å². The van der Waals surface area contributed by atoms with Crippen molar-refractivity contribution in [2.45, 2.75) is 32.5 Å². The molecule has 4 nitrogen and oxygen atoms in total. The largest absolute Gasteiger partial charge is 0.482 e. The molecule has 0 fully saturated rings. The van der Waals surface area contributed by atoms with E-state index >= 15 is 0 Å². The lowest BCUT2D eigenvalue weighted by Gasteiger charge is -2.31. The smallest absolute Gasteiger partial charge is 0.269 e. The van der Waals surface area contributed by atoms with Crippen LogP contribution in [0.3, 0.4) is 0 Å². The molecule has 114 valence electrons. The molecule has 1 heterocycles. The van der Waals surface area contributed by atoms with Gasteiger partial charge in [0.05, 0.1) is 0 Å². The third kappa shape index (κ3) is 2.91. The molecule has 0 bridgehead atoms. The zero-order valence-corrected chi connectivity index (χ0v) is 12.7. The van der Waals surface area contributed by atoms with Crippen molar-refractivity contribution in [3.63, 3.8) is 0 Å². The van der Waals surface area contributed by atoms with Gasteiger partial charge in [-0.3, -0.25) is 4.79 Å². The van der Waals surface area contributed by atoms with Gasteiger partial charge in [-0.1, -0.05) is 31.2 Å². The van der Waals surface area contributed by atoms with E-state index in [-0.39, 0.29) is 12.0 Å². The van der Waals surface area contributed by atoms with Gasteiger partial charge in [-0.15, -0.1) is 0 Å². The van der Waals surface area contributed by atoms with E-state index in [1.54, 1.807) is 6.07 Å². The van der Waals surface area contributed by atoms with Crippen LogP contribution in [0.4, 0.5) is 5.69 Å². The predicted octanol–water partition coefficient (Wildman–Crippen LogP) is 3.42. The fourth-order valence-electron chi connectivity index (χ4n) is 2.44. The van der Waals surface area contributed by atoms with Gasteiger partial charge in [-0.25, -0.2) is 0 Å². The Labute approximate surface area is 130 Å². The molecule has 3 rings (SSSR count). The summed E-state index contributed by atoms with van der Waals surface area (Å²) >= 11 is 0. The van der Waals surface area contributed by atoms with E-state index in [2.05, 4.69) is 12.2 Å². The molecule has 1 amide bonds. The molecular formula is C18H19NO3. The maximum absolute atomic E-state index is 12.4. The Morgan fingerprint density at radius 1 is 1.05 bits per heavy atom. The number of hydrogen-bond acceptors (Lipinski definition) is 3. The summed E-state index contributed by atoms with van der Waals surface area (Å²) in [5, 5.41) is 2.88. The van der Waals surface area contributed by atoms with Gasteiger partial charge < -0.3 is 14.8 Å². The SMILES string of the molecule is CCc1ccc(NC(=O)C2Oc3ccccc3OC2C)cc1. The van der Waals surface area contributed by atoms with Crippen LogP contribution in [0.2, 0.25) is 0 Å². The molecule has 0 saturated heterocycles. The topological polar surface area (TPSA) is 47.6 Å². The molecule has 0 radical (unpaired) electrons. The molecule has 0 aromatic heterocycles. The van der Waals surface area contributed by atoms with Gasteiger partial charge in [0.15, 0.2) is 11.5 Å². The van der Waals surface area contributed by atoms with Crippen LogP contribution in [0.25, 0.3) is 0 Å². The average molecular weight is 297 g/mol. The number of fused-ring (bicyclic) bond motifs is 1. The number of nitrogens with one attached hydrogen (secondary N) is 1. The summed E-state index contributed by atoms with van der Waals surface area (Å²) in [4.78, 5) is 12.4. The third-order valence-electron chi connectivity index (χ3n) is 3.73. The van der Waals surface area contributed by atoms with Crippen molar-refractivity contribution in [1.82, 2.24) is 0 Å². The van der Waals surface area contributed by atoms with Crippen molar-refractivity contribution in [3.05, 3.63) is 54.1 Å². The molecule has 22 heavy (non-hydrogen) atoms. The maximum atomic E-state index is 12.4. The number of hydrogen-bond donors (Lipinski definition) is 1. The summed E-state index contributed by atoms with van der Waals surface area (Å²) in [5.41, 5.74) is 1.99. The summed E-state index contributed by atoms with van der Waals surface area (Å²) in [5.74, 6) is 1.07. The number of carbonyl (C=O) groups excluding carboxylic acids is 1. The molecule has 0 spiro atoms. The van der Waals surface area contributed by atoms with E-state index in [1.165, 1.54) is 5.56 Å². The lowest BCUT2D eigenvalue weighted by Crippen LogP contribution is -2.46. The lowest BCUT2D eigenvalue weighted by molar-refractivity contribution is -0.128. The van der Waals surface area contributed by atoms with E-state index in [4.69, 9.17) is 9.47 Å². The van der Waals surface area contributed by atoms with E-state index in [1.807, 2.05) is 49.4 Å². The van der Waals surface area contributed by atoms with Crippen molar-refractivity contribution >= 4 is 11.6 Å². The highest BCUT2D eigenvalue weighted by Gasteiger charge is 2.33. The van der Waals surface area contributed by atoms with Gasteiger partial charge in [-0.2, -0.15) is 0 Å². The summed E-state index contributed by atoms with van der Waals surface area (Å²) in [7, 11) is 0. The Morgan fingerprint density at radius 3 is 2.32 bits per heavy atom. The summed E-state index contributed by atoms with van der Waals surface area (Å²) in [6, 6.07) is 15.2. The van der Waals surface area contributed by atoms with E-state index in [0.717, 1.165) is 12.1 Å². The van der Waals surface area contributed by atoms with E-state index in [0.29, 0.717) is 11.5 Å². The number of rotatable bonds is 3. The number of benzene rings is 2. The average Bonchev–Trinajstić information content (AvgIpc) is 2.54. The summed E-state index contributed by atoms with van der Waals surface area (Å²) in [6.07, 6.45) is -0.0349. The molecule has 2 aromatic carbocycles. The molecule has 0 aliphatic carbocycles. The molecule has 4 heteroatoms. The molecule has 1 aliphatic rings. The van der Waals surface area contributed by atoms with Crippen molar-refractivity contribution in [1.29, 1.82) is 0 Å². The van der Waals surface area contributed by atoms with Gasteiger partial charge in [0.25, 0.3) is 5.91 Å². The minimum Gasteiger partial charge on any atom is -0.482 e. The molecule has 1 aliphatic heterocycles. The fraction of sp³-hybridized carbons (Fsp3) is 0.278. The van der Waals surface area contributed by atoms with Crippen LogP contribution in [0, 0.1) is 0 Å². The van der Waals surface area contributed by atoms with Crippen LogP contribution in [0.15, 0.2) is 48.5 Å². The van der Waals surface area contributed by atoms with Crippen LogP contribution in [-0.4, -0.2) is 18.1 Å². The number of amides is 1. The normalized spacial score (nSPS) is 19.5. The number of para-hydroxylation sites is 2. The van der Waals surface area contributed by atoms with Crippen LogP contribution in [0.5, 0.6) is 11.5 Å². The first-order valence-electron chi connectivity index (χ1n) is 7.49. The Bertz CT molecular complexity index is 666. The second kappa shape index (κ2) is 6.10. The third-order valence-corrected chi connectivity index (χ3v) is 3.73. The minimum atomic E-state index is -0.666. The van der Waals surface area contributed by atoms with Crippen LogP contribution in [-0.2, 0) is 11.2 Å². The fourth-order valence-corrected chi connectivity index (χ4v) is 2.44. The second-order valence-electron chi connectivity index (χ2n) is 5.35. The molecule has 2 unspecified atom stereocenters. The van der Waals surface area contributed by atoms with Crippen LogP contribution < -0.4 is 14.8 Å². The molecular weight excluding hydrogens is 278 g/mol. The molecule has 1 N–H and O–H groups in total. The van der Waals surface area contributed by atoms with E-state index < -0.39 is 6.10 Å². The molecule has 2 aromatic rings. The van der Waals surface area contributed by atoms with E-state index in [9.17, 15) is 4.79 Å². The summed E-state index contributed by atoms with van der Waals surface area (Å²) in [6.45, 7) is 3.93. The first kappa shape index (κ1) is 14.4.